The van der Waals surface area contributed by atoms with Gasteiger partial charge in [-0.1, -0.05) is 329 Å². The number of alkyl halides is 3. The molecule has 3 aromatic heterocycles. The van der Waals surface area contributed by atoms with Gasteiger partial charge in [0.05, 0.1) is 55.1 Å². The van der Waals surface area contributed by atoms with Crippen LogP contribution in [0.1, 0.15) is 207 Å². The Kier molecular flexibility index (Phi) is 30.8. The second-order valence-electron chi connectivity index (χ2n) is 26.8. The molecule has 3 aromatic rings. The molecule has 28 heteroatoms. The summed E-state index contributed by atoms with van der Waals surface area (Å²) in [6.07, 6.45) is 20.2. The molecule has 1 fully saturated rings. The highest BCUT2D eigenvalue weighted by Crippen LogP contribution is 2.74. The molecular weight excluding hydrogens is 2060 g/mol. The topological polar surface area (TPSA) is 47.4 Å². The molecule has 1 saturated heterocycles. The van der Waals surface area contributed by atoms with Crippen LogP contribution in [0.25, 0.3) is 0 Å². The number of hydrogen-bond donors (Lipinski definition) is 3. The molecule has 0 spiro atoms. The van der Waals surface area contributed by atoms with E-state index in [2.05, 4.69) is 360 Å². The average molecular weight is 2150 g/mol. The zero-order valence-corrected chi connectivity index (χ0v) is 83.4. The molecule has 9 aliphatic heterocycles. The van der Waals surface area contributed by atoms with E-state index in [1.54, 1.807) is 11.1 Å². The maximum absolute atomic E-state index is 4.52. The predicted octanol–water partition coefficient (Wildman–Crippen LogP) is 33.3. The first-order valence-corrected chi connectivity index (χ1v) is 56.1. The van der Waals surface area contributed by atoms with Gasteiger partial charge in [0.25, 0.3) is 0 Å². The molecule has 0 radical (unpaired) electrons. The molecule has 0 saturated carbocycles. The van der Waals surface area contributed by atoms with Crippen molar-refractivity contribution in [3.05, 3.63) is 125 Å². The third-order valence-electron chi connectivity index (χ3n) is 18.5. The molecule has 3 nitrogen and oxygen atoms in total. The molecule has 0 unspecified atom stereocenters. The molecule has 0 amide bonds. The van der Waals surface area contributed by atoms with Crippen molar-refractivity contribution in [2.24, 2.45) is 0 Å². The number of rotatable bonds is 25. The van der Waals surface area contributed by atoms with Gasteiger partial charge in [-0.25, -0.2) is 0 Å². The number of unbranched alkanes of at least 4 members (excludes halogenated alkanes) is 9. The zero-order chi connectivity index (χ0) is 68.3. The Morgan fingerprint density at radius 2 is 0.592 bits per heavy atom. The normalized spacial score (nSPS) is 24.4. The fraction of sp³-hybridized carbons (Fsp3) is 0.543. The van der Waals surface area contributed by atoms with Gasteiger partial charge in [-0.05, 0) is 154 Å². The second kappa shape index (κ2) is 36.3. The van der Waals surface area contributed by atoms with E-state index < -0.39 is 10.8 Å². The van der Waals surface area contributed by atoms with E-state index in [9.17, 15) is 0 Å². The van der Waals surface area contributed by atoms with Crippen molar-refractivity contribution in [3.8, 4) is 0 Å². The van der Waals surface area contributed by atoms with Crippen molar-refractivity contribution in [2.45, 2.75) is 224 Å². The lowest BCUT2D eigenvalue weighted by molar-refractivity contribution is 0.526. The Morgan fingerprint density at radius 3 is 0.908 bits per heavy atom. The number of halogens is 4. The van der Waals surface area contributed by atoms with Gasteiger partial charge in [-0.2, -0.15) is 0 Å². The Balaban J connectivity index is 0.00000914. The van der Waals surface area contributed by atoms with Crippen LogP contribution in [0.3, 0.4) is 0 Å². The molecule has 3 N–H and O–H groups in total. The molecule has 12 heterocycles. The Hall–Kier alpha value is 5.51. The van der Waals surface area contributed by atoms with Crippen LogP contribution in [0.2, 0.25) is 0 Å². The van der Waals surface area contributed by atoms with Crippen LogP contribution < -0.4 is 0 Å². The quantitative estimate of drug-likeness (QED) is 0.0428. The summed E-state index contributed by atoms with van der Waals surface area (Å²) in [6, 6.07) is 0. The summed E-state index contributed by atoms with van der Waals surface area (Å²) in [5.41, 5.74) is 9.73. The van der Waals surface area contributed by atoms with Gasteiger partial charge in [0, 0.05) is 110 Å². The highest BCUT2D eigenvalue weighted by atomic mass is 127. The van der Waals surface area contributed by atoms with Crippen LogP contribution in [0.5, 0.6) is 0 Å². The van der Waals surface area contributed by atoms with Gasteiger partial charge in [-0.3, -0.25) is 0 Å². The third kappa shape index (κ3) is 17.3. The van der Waals surface area contributed by atoms with Crippen molar-refractivity contribution < 1.29 is 0 Å². The number of fused-ring (bicyclic) bond motifs is 18. The Labute approximate surface area is 733 Å². The van der Waals surface area contributed by atoms with Crippen LogP contribution >= 0.6 is 339 Å². The van der Waals surface area contributed by atoms with E-state index in [0.717, 1.165) is 6.42 Å². The van der Waals surface area contributed by atoms with E-state index in [1.165, 1.54) is 263 Å². The summed E-state index contributed by atoms with van der Waals surface area (Å²) in [5, 5.41) is 0. The minimum Gasteiger partial charge on any atom is -0.359 e. The van der Waals surface area contributed by atoms with Gasteiger partial charge in [0.2, 0.25) is 0 Å². The monoisotopic (exact) mass is 2150 g/mol. The SMILES string of the molecule is CCCCCCSC1=C(C)S/C(=C2\Sc3c4[nH]c(c3S2)C(C)(C)c2[nH]c(c3c2S/C(=C2\SC(SC)=C(SCCCCCI)S2)S3)C(C)(C)c2[nH]c(c3c2S/C(=C2\SC(C)=C(SCCCCCI)S2)S3)C(C)(C)C2=C3S/C(=C5\SC(C)=C(SCCCCCI)S5)SC3=C(C2)C4(C)C)S1.I. The standard InChI is InChI=1S/C70H84I3N3S21.HI/c1-14-15-16-23-30-78-54-36(3)83-60(94-54)63-87-42-44(89-63)50-69(9,10)52-46-47(92-65(91-46)66-96-57(77-13)58(97-66)81-33-26-19-22-29-73)53(76-52)70(11,12)51-45-43(88-64(90-45)61-84-37(4)56(95-61)80-32-25-18-21-28-72)49(75-51)68(7,8)39-34-38(67(5,6)48(42)74-50)40-41(39)86-62(85-40)59-82-35(2)55(93-59)79-31-24-17-20-27-71;/h74-76H,14-34H2,1-13H3;1H/b62-59+,63-60-,64-61+,66-65-;. The van der Waals surface area contributed by atoms with E-state index in [0.29, 0.717) is 0 Å². The Morgan fingerprint density at radius 1 is 0.327 bits per heavy atom. The molecule has 10 aliphatic rings. The van der Waals surface area contributed by atoms with Crippen molar-refractivity contribution >= 4 is 339 Å². The van der Waals surface area contributed by atoms with Crippen molar-refractivity contribution in [1.82, 2.24) is 15.0 Å². The molecule has 1 aliphatic carbocycles. The number of allylic oxidation sites excluding steroid dienone is 5. The zero-order valence-electron chi connectivity index (χ0n) is 57.5. The lowest BCUT2D eigenvalue weighted by Gasteiger charge is -2.33. The molecule has 13 rings (SSSR count). The minimum atomic E-state index is -0.429. The lowest BCUT2D eigenvalue weighted by Crippen LogP contribution is -2.28. The third-order valence-corrected chi connectivity index (χ3v) is 51.5. The Bertz CT molecular complexity index is 3780. The average Bonchev–Trinajstić information content (AvgIpc) is 1.54. The number of aromatic nitrogens is 3. The van der Waals surface area contributed by atoms with Gasteiger partial charge < -0.3 is 15.0 Å². The van der Waals surface area contributed by atoms with E-state index in [1.807, 2.05) is 58.8 Å². The van der Waals surface area contributed by atoms with Crippen LogP contribution in [-0.4, -0.2) is 57.5 Å². The fourth-order valence-electron chi connectivity index (χ4n) is 12.8. The van der Waals surface area contributed by atoms with Crippen LogP contribution in [0.4, 0.5) is 0 Å². The number of H-pyrrole nitrogens is 3. The summed E-state index contributed by atoms with van der Waals surface area (Å²) in [4.78, 5) is 29.5. The number of thioether (sulfide) groups is 21. The largest absolute Gasteiger partial charge is 0.359 e. The van der Waals surface area contributed by atoms with Crippen molar-refractivity contribution in [2.75, 3.05) is 42.5 Å². The highest BCUT2D eigenvalue weighted by Gasteiger charge is 2.53. The van der Waals surface area contributed by atoms with Gasteiger partial charge in [-0.15, -0.1) is 82.8 Å². The first-order chi connectivity index (χ1) is 46.6. The number of nitrogens with one attached hydrogen (secondary N) is 3. The lowest BCUT2D eigenvalue weighted by atomic mass is 9.75. The van der Waals surface area contributed by atoms with Crippen LogP contribution in [0.15, 0.2) is 120 Å². The smallest absolute Gasteiger partial charge is 0.0717 e. The van der Waals surface area contributed by atoms with Gasteiger partial charge >= 0.3 is 0 Å². The predicted molar refractivity (Wildman–Crippen MR) is 517 cm³/mol. The maximum atomic E-state index is 4.52. The van der Waals surface area contributed by atoms with E-state index in [4.69, 9.17) is 0 Å². The van der Waals surface area contributed by atoms with Gasteiger partial charge in [0.1, 0.15) is 0 Å². The molecule has 98 heavy (non-hydrogen) atoms. The first-order valence-electron chi connectivity index (χ1n) is 33.3. The molecular formula is C70H85I4N3S21. The maximum Gasteiger partial charge on any atom is 0.0717 e. The molecule has 534 valence electrons. The second-order valence-corrected chi connectivity index (χ2v) is 55.6. The summed E-state index contributed by atoms with van der Waals surface area (Å²) >= 11 is 50.9. The first kappa shape index (κ1) is 83.0. The fourth-order valence-corrected chi connectivity index (χ4v) is 45.7. The molecule has 0 atom stereocenters. The molecule has 8 bridgehead atoms. The summed E-state index contributed by atoms with van der Waals surface area (Å²) in [7, 11) is 0. The molecule has 0 aromatic carbocycles. The number of aromatic amines is 3. The summed E-state index contributed by atoms with van der Waals surface area (Å²) in [5.74, 6) is 4.79. The number of hydrogen-bond acceptors (Lipinski definition) is 21. The summed E-state index contributed by atoms with van der Waals surface area (Å²) < 4.78 is 22.9. The van der Waals surface area contributed by atoms with E-state index >= 15 is 0 Å². The van der Waals surface area contributed by atoms with Crippen molar-refractivity contribution in [1.29, 1.82) is 0 Å². The van der Waals surface area contributed by atoms with Crippen molar-refractivity contribution in [3.63, 3.8) is 0 Å². The van der Waals surface area contributed by atoms with Crippen LogP contribution in [0, 0.1) is 0 Å². The van der Waals surface area contributed by atoms with E-state index in [-0.39, 0.29) is 34.8 Å². The van der Waals surface area contributed by atoms with Crippen LogP contribution in [-0.2, 0) is 21.7 Å². The summed E-state index contributed by atoms with van der Waals surface area (Å²) in [6.45, 7) is 30.0. The van der Waals surface area contributed by atoms with Gasteiger partial charge in [0.15, 0.2) is 0 Å². The minimum absolute atomic E-state index is 0. The highest BCUT2D eigenvalue weighted by molar-refractivity contribution is 14.1.